The molecule has 0 atom stereocenters. The van der Waals surface area contributed by atoms with E-state index < -0.39 is 0 Å². The molecule has 0 amide bonds. The molecule has 3 heterocycles. The molecule has 0 saturated carbocycles. The highest BCUT2D eigenvalue weighted by Gasteiger charge is 2.21. The predicted octanol–water partition coefficient (Wildman–Crippen LogP) is 10.8. The van der Waals surface area contributed by atoms with Gasteiger partial charge in [-0.15, -0.1) is 0 Å². The maximum atomic E-state index is 5.29. The summed E-state index contributed by atoms with van der Waals surface area (Å²) in [6.07, 6.45) is 1.85. The molecular weight excluding hydrogens is 599 g/mol. The van der Waals surface area contributed by atoms with E-state index in [0.717, 1.165) is 60.5 Å². The SMILES string of the molecule is c1ccc(-c2nc(-c3cc4ccc5ccccc5c4c4cccnc34)nc(-c3cccc4c3c3ccccc3n4-c3ccccc3)n2)cc1. The molecule has 7 aromatic carbocycles. The maximum Gasteiger partial charge on any atom is 0.166 e. The first-order chi connectivity index (χ1) is 24.3. The van der Waals surface area contributed by atoms with E-state index in [0.29, 0.717) is 17.5 Å². The van der Waals surface area contributed by atoms with E-state index in [4.69, 9.17) is 19.9 Å². The van der Waals surface area contributed by atoms with Gasteiger partial charge in [0.2, 0.25) is 0 Å². The van der Waals surface area contributed by atoms with E-state index in [9.17, 15) is 0 Å². The molecule has 0 bridgehead atoms. The highest BCUT2D eigenvalue weighted by Crippen LogP contribution is 2.40. The van der Waals surface area contributed by atoms with Gasteiger partial charge in [0.05, 0.1) is 16.6 Å². The molecular formula is C44H27N5. The summed E-state index contributed by atoms with van der Waals surface area (Å²) in [6.45, 7) is 0. The zero-order valence-electron chi connectivity index (χ0n) is 26.3. The fourth-order valence-electron chi connectivity index (χ4n) is 7.32. The first-order valence-electron chi connectivity index (χ1n) is 16.4. The number of hydrogen-bond donors (Lipinski definition) is 0. The van der Waals surface area contributed by atoms with Crippen LogP contribution in [0.15, 0.2) is 164 Å². The van der Waals surface area contributed by atoms with Crippen molar-refractivity contribution in [2.24, 2.45) is 0 Å². The summed E-state index contributed by atoms with van der Waals surface area (Å²) < 4.78 is 2.32. The molecule has 0 radical (unpaired) electrons. The Kier molecular flexibility index (Phi) is 6.11. The van der Waals surface area contributed by atoms with Crippen LogP contribution >= 0.6 is 0 Å². The van der Waals surface area contributed by atoms with Crippen molar-refractivity contribution in [2.75, 3.05) is 0 Å². The third-order valence-electron chi connectivity index (χ3n) is 9.45. The fraction of sp³-hybridized carbons (Fsp3) is 0. The summed E-state index contributed by atoms with van der Waals surface area (Å²) in [5.41, 5.74) is 6.94. The molecule has 0 fully saturated rings. The number of hydrogen-bond acceptors (Lipinski definition) is 4. The van der Waals surface area contributed by atoms with Crippen LogP contribution in [0.3, 0.4) is 0 Å². The lowest BCUT2D eigenvalue weighted by molar-refractivity contribution is 1.08. The van der Waals surface area contributed by atoms with Gasteiger partial charge in [-0.3, -0.25) is 4.98 Å². The van der Waals surface area contributed by atoms with Gasteiger partial charge in [0, 0.05) is 44.7 Å². The lowest BCUT2D eigenvalue weighted by Crippen LogP contribution is -2.01. The van der Waals surface area contributed by atoms with E-state index in [2.05, 4.69) is 120 Å². The Hall–Kier alpha value is -6.72. The average molecular weight is 626 g/mol. The zero-order chi connectivity index (χ0) is 32.3. The smallest absolute Gasteiger partial charge is 0.166 e. The lowest BCUT2D eigenvalue weighted by Gasteiger charge is -2.13. The van der Waals surface area contributed by atoms with Crippen LogP contribution in [0.4, 0.5) is 0 Å². The highest BCUT2D eigenvalue weighted by molar-refractivity contribution is 6.22. The van der Waals surface area contributed by atoms with Crippen molar-refractivity contribution in [1.82, 2.24) is 24.5 Å². The van der Waals surface area contributed by atoms with E-state index in [1.807, 2.05) is 48.7 Å². The van der Waals surface area contributed by atoms with Gasteiger partial charge in [0.25, 0.3) is 0 Å². The second kappa shape index (κ2) is 10.9. The van der Waals surface area contributed by atoms with Crippen LogP contribution in [0.2, 0.25) is 0 Å². The predicted molar refractivity (Wildman–Crippen MR) is 201 cm³/mol. The number of aromatic nitrogens is 5. The fourth-order valence-corrected chi connectivity index (χ4v) is 7.32. The number of benzene rings is 7. The summed E-state index contributed by atoms with van der Waals surface area (Å²) in [4.78, 5) is 20.5. The van der Waals surface area contributed by atoms with Gasteiger partial charge in [0.1, 0.15) is 0 Å². The van der Waals surface area contributed by atoms with Gasteiger partial charge < -0.3 is 4.57 Å². The minimum atomic E-state index is 0.589. The minimum Gasteiger partial charge on any atom is -0.309 e. The van der Waals surface area contributed by atoms with Crippen molar-refractivity contribution >= 4 is 54.3 Å². The van der Waals surface area contributed by atoms with Gasteiger partial charge >= 0.3 is 0 Å². The standard InChI is InChI=1S/C44H27N5/c1-3-14-29(15-4-1)42-46-43(35-20-11-23-38-40(35)33-19-9-10-22-37(33)49(38)31-16-5-2-6-17-31)48-44(47-42)36-27-30-25-24-28-13-7-8-18-32(28)39(30)34-21-12-26-45-41(34)36/h1-27H. The van der Waals surface area contributed by atoms with Crippen LogP contribution in [-0.2, 0) is 0 Å². The van der Waals surface area contributed by atoms with E-state index in [-0.39, 0.29) is 0 Å². The van der Waals surface area contributed by atoms with Crippen LogP contribution in [0.5, 0.6) is 0 Å². The Labute approximate surface area is 281 Å². The second-order valence-corrected chi connectivity index (χ2v) is 12.3. The Balaban J connectivity index is 1.29. The monoisotopic (exact) mass is 625 g/mol. The van der Waals surface area contributed by atoms with Crippen LogP contribution in [-0.4, -0.2) is 24.5 Å². The van der Waals surface area contributed by atoms with Gasteiger partial charge in [0.15, 0.2) is 17.5 Å². The summed E-state index contributed by atoms with van der Waals surface area (Å²) in [6, 6.07) is 54.8. The maximum absolute atomic E-state index is 5.29. The van der Waals surface area contributed by atoms with Crippen molar-refractivity contribution in [3.05, 3.63) is 164 Å². The Morgan fingerprint density at radius 2 is 1.06 bits per heavy atom. The van der Waals surface area contributed by atoms with E-state index >= 15 is 0 Å². The van der Waals surface area contributed by atoms with Gasteiger partial charge in [-0.25, -0.2) is 15.0 Å². The highest BCUT2D eigenvalue weighted by atomic mass is 15.0. The van der Waals surface area contributed by atoms with Crippen molar-refractivity contribution in [2.45, 2.75) is 0 Å². The quantitative estimate of drug-likeness (QED) is 0.183. The van der Waals surface area contributed by atoms with Crippen molar-refractivity contribution in [1.29, 1.82) is 0 Å². The first kappa shape index (κ1) is 27.4. The molecule has 0 N–H and O–H groups in total. The summed E-state index contributed by atoms with van der Waals surface area (Å²) in [7, 11) is 0. The lowest BCUT2D eigenvalue weighted by atomic mass is 9.95. The van der Waals surface area contributed by atoms with Crippen LogP contribution in [0, 0.1) is 0 Å². The third kappa shape index (κ3) is 4.33. The van der Waals surface area contributed by atoms with Gasteiger partial charge in [-0.1, -0.05) is 121 Å². The van der Waals surface area contributed by atoms with Gasteiger partial charge in [-0.05, 0) is 57.9 Å². The second-order valence-electron chi connectivity index (χ2n) is 12.3. The number of nitrogens with zero attached hydrogens (tertiary/aromatic N) is 5. The molecule has 49 heavy (non-hydrogen) atoms. The van der Waals surface area contributed by atoms with Crippen LogP contribution in [0.25, 0.3) is 94.1 Å². The summed E-state index contributed by atoms with van der Waals surface area (Å²) in [5.74, 6) is 1.83. The summed E-state index contributed by atoms with van der Waals surface area (Å²) in [5, 5.41) is 8.02. The average Bonchev–Trinajstić information content (AvgIpc) is 3.52. The molecule has 0 spiro atoms. The minimum absolute atomic E-state index is 0.589. The molecule has 228 valence electrons. The number of para-hydroxylation sites is 2. The normalized spacial score (nSPS) is 11.7. The molecule has 0 aliphatic heterocycles. The molecule has 5 heteroatoms. The molecule has 0 unspecified atom stereocenters. The zero-order valence-corrected chi connectivity index (χ0v) is 26.3. The van der Waals surface area contributed by atoms with E-state index in [1.54, 1.807) is 0 Å². The Bertz CT molecular complexity index is 2880. The molecule has 10 rings (SSSR count). The molecule has 0 aliphatic rings. The third-order valence-corrected chi connectivity index (χ3v) is 9.45. The van der Waals surface area contributed by atoms with E-state index in [1.165, 1.54) is 16.2 Å². The topological polar surface area (TPSA) is 56.5 Å². The number of pyridine rings is 1. The molecule has 0 saturated heterocycles. The molecule has 3 aromatic heterocycles. The van der Waals surface area contributed by atoms with Crippen molar-refractivity contribution in [3.8, 4) is 39.9 Å². The molecule has 5 nitrogen and oxygen atoms in total. The molecule has 0 aliphatic carbocycles. The largest absolute Gasteiger partial charge is 0.309 e. The molecule has 10 aromatic rings. The Morgan fingerprint density at radius 1 is 0.408 bits per heavy atom. The number of fused-ring (bicyclic) bond motifs is 8. The first-order valence-corrected chi connectivity index (χ1v) is 16.4. The van der Waals surface area contributed by atoms with Crippen LogP contribution < -0.4 is 0 Å². The van der Waals surface area contributed by atoms with Crippen molar-refractivity contribution < 1.29 is 0 Å². The van der Waals surface area contributed by atoms with Gasteiger partial charge in [-0.2, -0.15) is 0 Å². The number of rotatable bonds is 4. The van der Waals surface area contributed by atoms with Crippen LogP contribution in [0.1, 0.15) is 0 Å². The Morgan fingerprint density at radius 3 is 1.92 bits per heavy atom. The van der Waals surface area contributed by atoms with Crippen molar-refractivity contribution in [3.63, 3.8) is 0 Å². The summed E-state index contributed by atoms with van der Waals surface area (Å²) >= 11 is 0.